The maximum atomic E-state index is 9.29. The van der Waals surface area contributed by atoms with Gasteiger partial charge >= 0.3 is 0 Å². The van der Waals surface area contributed by atoms with Gasteiger partial charge in [0, 0.05) is 48.3 Å². The molecule has 18 heavy (non-hydrogen) atoms. The number of aliphatic hydroxyl groups is 1. The van der Waals surface area contributed by atoms with E-state index in [1.807, 2.05) is 12.1 Å². The zero-order chi connectivity index (χ0) is 13.0. The average Bonchev–Trinajstić information content (AvgIpc) is 2.40. The minimum Gasteiger partial charge on any atom is -0.396 e. The summed E-state index contributed by atoms with van der Waals surface area (Å²) >= 11 is 9.79. The Hall–Kier alpha value is -0.130. The first-order valence-electron chi connectivity index (χ1n) is 6.23. The van der Waals surface area contributed by atoms with Gasteiger partial charge in [-0.2, -0.15) is 0 Å². The minimum absolute atomic E-state index is 0.178. The van der Waals surface area contributed by atoms with Crippen LogP contribution in [0, 0.1) is 0 Å². The molecule has 1 atom stereocenters. The topological polar surface area (TPSA) is 35.5 Å². The molecule has 1 aromatic rings. The van der Waals surface area contributed by atoms with Crippen molar-refractivity contribution in [2.45, 2.75) is 12.5 Å². The summed E-state index contributed by atoms with van der Waals surface area (Å²) in [7, 11) is 0. The SMILES string of the molecule is OCC[C@H](c1cc(Br)ccc1Cl)N1CCNCC1. The molecule has 0 spiro atoms. The van der Waals surface area contributed by atoms with E-state index in [1.165, 1.54) is 0 Å². The largest absolute Gasteiger partial charge is 0.396 e. The van der Waals surface area contributed by atoms with Crippen molar-refractivity contribution >= 4 is 27.5 Å². The fourth-order valence-corrected chi connectivity index (χ4v) is 3.04. The number of nitrogens with one attached hydrogen (secondary N) is 1. The van der Waals surface area contributed by atoms with Crippen LogP contribution in [0.15, 0.2) is 22.7 Å². The molecule has 1 aliphatic rings. The molecule has 0 radical (unpaired) electrons. The highest BCUT2D eigenvalue weighted by atomic mass is 79.9. The van der Waals surface area contributed by atoms with Gasteiger partial charge in [0.05, 0.1) is 0 Å². The number of benzene rings is 1. The van der Waals surface area contributed by atoms with Gasteiger partial charge in [-0.25, -0.2) is 0 Å². The van der Waals surface area contributed by atoms with Gasteiger partial charge in [0.15, 0.2) is 0 Å². The quantitative estimate of drug-likeness (QED) is 0.888. The average molecular weight is 334 g/mol. The lowest BCUT2D eigenvalue weighted by Crippen LogP contribution is -2.45. The number of hydrogen-bond donors (Lipinski definition) is 2. The summed E-state index contributed by atoms with van der Waals surface area (Å²) in [6, 6.07) is 6.11. The van der Waals surface area contributed by atoms with Gasteiger partial charge in [0.1, 0.15) is 0 Å². The molecule has 3 nitrogen and oxygen atoms in total. The minimum atomic E-state index is 0.178. The standard InChI is InChI=1S/C13H18BrClN2O/c14-10-1-2-12(15)11(9-10)13(3-8-18)17-6-4-16-5-7-17/h1-2,9,13,16,18H,3-8H2/t13-/m1/s1. The first-order chi connectivity index (χ1) is 8.72. The molecular formula is C13H18BrClN2O. The smallest absolute Gasteiger partial charge is 0.0454 e. The second kappa shape index (κ2) is 6.87. The fraction of sp³-hybridized carbons (Fsp3) is 0.538. The summed E-state index contributed by atoms with van der Waals surface area (Å²) in [4.78, 5) is 2.39. The van der Waals surface area contributed by atoms with Gasteiger partial charge in [0.2, 0.25) is 0 Å². The molecule has 2 rings (SSSR count). The Bertz CT molecular complexity index is 397. The van der Waals surface area contributed by atoms with Gasteiger partial charge in [-0.1, -0.05) is 27.5 Å². The predicted molar refractivity (Wildman–Crippen MR) is 78.0 cm³/mol. The van der Waals surface area contributed by atoms with Crippen LogP contribution in [-0.2, 0) is 0 Å². The Labute approximate surface area is 121 Å². The Kier molecular flexibility index (Phi) is 5.45. The van der Waals surface area contributed by atoms with E-state index < -0.39 is 0 Å². The van der Waals surface area contributed by atoms with E-state index in [2.05, 4.69) is 32.2 Å². The second-order valence-electron chi connectivity index (χ2n) is 4.48. The van der Waals surface area contributed by atoms with Crippen LogP contribution in [0.2, 0.25) is 5.02 Å². The fourth-order valence-electron chi connectivity index (χ4n) is 2.42. The van der Waals surface area contributed by atoms with Gasteiger partial charge < -0.3 is 10.4 Å². The van der Waals surface area contributed by atoms with E-state index in [0.717, 1.165) is 47.7 Å². The molecule has 0 amide bonds. The highest BCUT2D eigenvalue weighted by Crippen LogP contribution is 2.32. The van der Waals surface area contributed by atoms with Crippen molar-refractivity contribution in [1.82, 2.24) is 10.2 Å². The maximum absolute atomic E-state index is 9.29. The van der Waals surface area contributed by atoms with Crippen molar-refractivity contribution in [2.75, 3.05) is 32.8 Å². The van der Waals surface area contributed by atoms with Crippen molar-refractivity contribution in [1.29, 1.82) is 0 Å². The van der Waals surface area contributed by atoms with Crippen LogP contribution in [0.4, 0.5) is 0 Å². The molecule has 1 saturated heterocycles. The number of piperazine rings is 1. The van der Waals surface area contributed by atoms with Gasteiger partial charge in [-0.3, -0.25) is 4.90 Å². The Morgan fingerprint density at radius 1 is 1.39 bits per heavy atom. The molecule has 2 N–H and O–H groups in total. The van der Waals surface area contributed by atoms with Crippen LogP contribution in [0.3, 0.4) is 0 Å². The lowest BCUT2D eigenvalue weighted by Gasteiger charge is -2.35. The molecule has 0 unspecified atom stereocenters. The number of aliphatic hydroxyl groups excluding tert-OH is 1. The maximum Gasteiger partial charge on any atom is 0.0454 e. The van der Waals surface area contributed by atoms with Crippen LogP contribution in [0.5, 0.6) is 0 Å². The molecule has 1 aromatic carbocycles. The van der Waals surface area contributed by atoms with E-state index in [4.69, 9.17) is 11.6 Å². The van der Waals surface area contributed by atoms with Gasteiger partial charge in [0.25, 0.3) is 0 Å². The molecule has 0 aliphatic carbocycles. The Morgan fingerprint density at radius 2 is 2.11 bits per heavy atom. The van der Waals surface area contributed by atoms with Gasteiger partial charge in [-0.15, -0.1) is 0 Å². The van der Waals surface area contributed by atoms with Crippen LogP contribution in [-0.4, -0.2) is 42.8 Å². The number of halogens is 2. The first kappa shape index (κ1) is 14.3. The molecule has 0 bridgehead atoms. The van der Waals surface area contributed by atoms with Gasteiger partial charge in [-0.05, 0) is 30.2 Å². The van der Waals surface area contributed by atoms with Crippen LogP contribution in [0.1, 0.15) is 18.0 Å². The normalized spacial score (nSPS) is 18.8. The van der Waals surface area contributed by atoms with E-state index in [0.29, 0.717) is 0 Å². The third-order valence-corrected chi connectivity index (χ3v) is 4.15. The molecule has 5 heteroatoms. The van der Waals surface area contributed by atoms with E-state index in [-0.39, 0.29) is 12.6 Å². The zero-order valence-electron chi connectivity index (χ0n) is 10.2. The Balaban J connectivity index is 2.24. The zero-order valence-corrected chi connectivity index (χ0v) is 12.5. The highest BCUT2D eigenvalue weighted by molar-refractivity contribution is 9.10. The van der Waals surface area contributed by atoms with Crippen molar-refractivity contribution in [3.63, 3.8) is 0 Å². The summed E-state index contributed by atoms with van der Waals surface area (Å²) in [5, 5.41) is 13.4. The van der Waals surface area contributed by atoms with Crippen molar-refractivity contribution in [3.05, 3.63) is 33.3 Å². The lowest BCUT2D eigenvalue weighted by molar-refractivity contribution is 0.141. The molecule has 100 valence electrons. The van der Waals surface area contributed by atoms with Crippen molar-refractivity contribution in [3.8, 4) is 0 Å². The van der Waals surface area contributed by atoms with Crippen molar-refractivity contribution in [2.24, 2.45) is 0 Å². The predicted octanol–water partition coefficient (Wildman–Crippen LogP) is 2.43. The highest BCUT2D eigenvalue weighted by Gasteiger charge is 2.23. The molecular weight excluding hydrogens is 316 g/mol. The molecule has 1 fully saturated rings. The summed E-state index contributed by atoms with van der Waals surface area (Å²) in [6.07, 6.45) is 0.718. The lowest BCUT2D eigenvalue weighted by atomic mass is 10.0. The third-order valence-electron chi connectivity index (χ3n) is 3.31. The second-order valence-corrected chi connectivity index (χ2v) is 5.80. The summed E-state index contributed by atoms with van der Waals surface area (Å²) in [5.41, 5.74) is 1.10. The van der Waals surface area contributed by atoms with Crippen molar-refractivity contribution < 1.29 is 5.11 Å². The van der Waals surface area contributed by atoms with Crippen LogP contribution >= 0.6 is 27.5 Å². The number of rotatable bonds is 4. The van der Waals surface area contributed by atoms with E-state index >= 15 is 0 Å². The molecule has 1 heterocycles. The summed E-state index contributed by atoms with van der Waals surface area (Å²) < 4.78 is 1.03. The third kappa shape index (κ3) is 3.45. The first-order valence-corrected chi connectivity index (χ1v) is 7.40. The number of nitrogens with zero attached hydrogens (tertiary/aromatic N) is 1. The summed E-state index contributed by atoms with van der Waals surface area (Å²) in [5.74, 6) is 0. The van der Waals surface area contributed by atoms with Crippen LogP contribution < -0.4 is 5.32 Å². The van der Waals surface area contributed by atoms with E-state index in [9.17, 15) is 5.11 Å². The molecule has 1 aliphatic heterocycles. The van der Waals surface area contributed by atoms with Crippen LogP contribution in [0.25, 0.3) is 0 Å². The molecule has 0 saturated carbocycles. The molecule has 0 aromatic heterocycles. The summed E-state index contributed by atoms with van der Waals surface area (Å²) in [6.45, 7) is 4.15. The Morgan fingerprint density at radius 3 is 2.78 bits per heavy atom. The monoisotopic (exact) mass is 332 g/mol. The number of hydrogen-bond acceptors (Lipinski definition) is 3. The van der Waals surface area contributed by atoms with E-state index in [1.54, 1.807) is 0 Å².